The molecule has 0 saturated heterocycles. The van der Waals surface area contributed by atoms with Crippen LogP contribution >= 0.6 is 11.3 Å². The maximum atomic E-state index is 10.8. The van der Waals surface area contributed by atoms with Gasteiger partial charge in [0.1, 0.15) is 0 Å². The lowest BCUT2D eigenvalue weighted by atomic mass is 10.1. The molecule has 0 fully saturated rings. The van der Waals surface area contributed by atoms with Crippen LogP contribution in [0.2, 0.25) is 0 Å². The minimum Gasteiger partial charge on any atom is -0.273 e. The fourth-order valence-corrected chi connectivity index (χ4v) is 1.79. The SMILES string of the molecule is O=C1CCC(/C=C/c2cccs2)=NN1. The average Bonchev–Trinajstić information content (AvgIpc) is 2.70. The van der Waals surface area contributed by atoms with Crippen LogP contribution in [0.15, 0.2) is 28.7 Å². The van der Waals surface area contributed by atoms with Gasteiger partial charge in [0.05, 0.1) is 5.71 Å². The molecule has 0 atom stereocenters. The summed E-state index contributed by atoms with van der Waals surface area (Å²) in [6.45, 7) is 0. The zero-order valence-corrected chi connectivity index (χ0v) is 8.38. The Kier molecular flexibility index (Phi) is 2.74. The van der Waals surface area contributed by atoms with Crippen molar-refractivity contribution in [2.45, 2.75) is 12.8 Å². The number of nitrogens with zero attached hydrogens (tertiary/aromatic N) is 1. The van der Waals surface area contributed by atoms with Crippen LogP contribution < -0.4 is 5.43 Å². The number of amides is 1. The van der Waals surface area contributed by atoms with Gasteiger partial charge in [-0.2, -0.15) is 5.10 Å². The second-order valence-electron chi connectivity index (χ2n) is 2.99. The van der Waals surface area contributed by atoms with E-state index in [2.05, 4.69) is 10.5 Å². The molecule has 4 heteroatoms. The number of thiophene rings is 1. The lowest BCUT2D eigenvalue weighted by Gasteiger charge is -2.07. The van der Waals surface area contributed by atoms with Crippen molar-refractivity contribution in [2.75, 3.05) is 0 Å². The Morgan fingerprint density at radius 3 is 3.00 bits per heavy atom. The molecule has 14 heavy (non-hydrogen) atoms. The third-order valence-corrected chi connectivity index (χ3v) is 2.75. The summed E-state index contributed by atoms with van der Waals surface area (Å²) in [4.78, 5) is 12.0. The van der Waals surface area contributed by atoms with Crippen molar-refractivity contribution < 1.29 is 4.79 Å². The zero-order valence-electron chi connectivity index (χ0n) is 7.56. The minimum atomic E-state index is -0.00160. The fraction of sp³-hybridized carbons (Fsp3) is 0.200. The number of nitrogens with one attached hydrogen (secondary N) is 1. The van der Waals surface area contributed by atoms with Crippen molar-refractivity contribution in [3.05, 3.63) is 28.5 Å². The summed E-state index contributed by atoms with van der Waals surface area (Å²) >= 11 is 1.68. The van der Waals surface area contributed by atoms with Crippen molar-refractivity contribution in [1.82, 2.24) is 5.43 Å². The quantitative estimate of drug-likeness (QED) is 0.790. The summed E-state index contributed by atoms with van der Waals surface area (Å²) < 4.78 is 0. The van der Waals surface area contributed by atoms with E-state index in [4.69, 9.17) is 0 Å². The van der Waals surface area contributed by atoms with Crippen molar-refractivity contribution in [1.29, 1.82) is 0 Å². The Morgan fingerprint density at radius 2 is 2.36 bits per heavy atom. The highest BCUT2D eigenvalue weighted by Gasteiger charge is 2.08. The highest BCUT2D eigenvalue weighted by molar-refractivity contribution is 7.10. The van der Waals surface area contributed by atoms with Gasteiger partial charge in [-0.1, -0.05) is 6.07 Å². The predicted molar refractivity (Wildman–Crippen MR) is 58.2 cm³/mol. The standard InChI is InChI=1S/C10H10N2OS/c13-10-6-4-8(11-12-10)3-5-9-2-1-7-14-9/h1-3,5,7H,4,6H2,(H,12,13)/b5-3+. The molecule has 1 N–H and O–H groups in total. The molecule has 2 heterocycles. The topological polar surface area (TPSA) is 41.5 Å². The second kappa shape index (κ2) is 4.19. The molecule has 1 aromatic heterocycles. The summed E-state index contributed by atoms with van der Waals surface area (Å²) in [7, 11) is 0. The van der Waals surface area contributed by atoms with E-state index in [9.17, 15) is 4.79 Å². The van der Waals surface area contributed by atoms with Gasteiger partial charge < -0.3 is 0 Å². The molecule has 0 saturated carbocycles. The van der Waals surface area contributed by atoms with Crippen LogP contribution in [0.25, 0.3) is 6.08 Å². The number of allylic oxidation sites excluding steroid dienone is 1. The van der Waals surface area contributed by atoms with Crippen LogP contribution in [-0.4, -0.2) is 11.6 Å². The third-order valence-electron chi connectivity index (χ3n) is 1.92. The summed E-state index contributed by atoms with van der Waals surface area (Å²) in [5, 5.41) is 5.98. The first-order valence-corrected chi connectivity index (χ1v) is 5.29. The van der Waals surface area contributed by atoms with E-state index in [1.54, 1.807) is 11.3 Å². The Morgan fingerprint density at radius 1 is 1.43 bits per heavy atom. The molecule has 3 nitrogen and oxygen atoms in total. The predicted octanol–water partition coefficient (Wildman–Crippen LogP) is 2.03. The molecule has 2 rings (SSSR count). The van der Waals surface area contributed by atoms with Crippen molar-refractivity contribution >= 4 is 29.0 Å². The Hall–Kier alpha value is -1.42. The Labute approximate surface area is 86.1 Å². The molecule has 72 valence electrons. The van der Waals surface area contributed by atoms with Gasteiger partial charge >= 0.3 is 0 Å². The number of carbonyl (C=O) groups is 1. The van der Waals surface area contributed by atoms with Crippen molar-refractivity contribution in [2.24, 2.45) is 5.10 Å². The van der Waals surface area contributed by atoms with Crippen LogP contribution in [0.5, 0.6) is 0 Å². The number of rotatable bonds is 2. The molecule has 0 aliphatic carbocycles. The zero-order chi connectivity index (χ0) is 9.80. The second-order valence-corrected chi connectivity index (χ2v) is 3.97. The highest BCUT2D eigenvalue weighted by atomic mass is 32.1. The summed E-state index contributed by atoms with van der Waals surface area (Å²) in [6.07, 6.45) is 5.23. The lowest BCUT2D eigenvalue weighted by molar-refractivity contribution is -0.121. The van der Waals surface area contributed by atoms with E-state index in [1.165, 1.54) is 4.88 Å². The van der Waals surface area contributed by atoms with E-state index in [0.717, 1.165) is 12.1 Å². The van der Waals surface area contributed by atoms with Crippen LogP contribution in [-0.2, 0) is 4.79 Å². The van der Waals surface area contributed by atoms with Crippen molar-refractivity contribution in [3.8, 4) is 0 Å². The van der Waals surface area contributed by atoms with E-state index in [1.807, 2.05) is 29.7 Å². The largest absolute Gasteiger partial charge is 0.273 e. The Balaban J connectivity index is 2.01. The number of hydrazone groups is 1. The lowest BCUT2D eigenvalue weighted by Crippen LogP contribution is -2.24. The number of hydrogen-bond donors (Lipinski definition) is 1. The molecule has 1 amide bonds. The maximum absolute atomic E-state index is 10.8. The van der Waals surface area contributed by atoms with Crippen LogP contribution in [0.3, 0.4) is 0 Å². The van der Waals surface area contributed by atoms with Gasteiger partial charge in [0.15, 0.2) is 0 Å². The first kappa shape index (κ1) is 9.15. The van der Waals surface area contributed by atoms with Gasteiger partial charge in [-0.05, 0) is 23.6 Å². The first-order chi connectivity index (χ1) is 6.84. The molecule has 1 aliphatic heterocycles. The molecule has 1 aromatic rings. The van der Waals surface area contributed by atoms with Crippen LogP contribution in [0.1, 0.15) is 17.7 Å². The van der Waals surface area contributed by atoms with Gasteiger partial charge in [0, 0.05) is 17.7 Å². The van der Waals surface area contributed by atoms with E-state index >= 15 is 0 Å². The van der Waals surface area contributed by atoms with E-state index < -0.39 is 0 Å². The normalized spacial score (nSPS) is 16.9. The third kappa shape index (κ3) is 2.29. The molecule has 0 unspecified atom stereocenters. The van der Waals surface area contributed by atoms with Gasteiger partial charge in [-0.25, -0.2) is 5.43 Å². The highest BCUT2D eigenvalue weighted by Crippen LogP contribution is 2.11. The summed E-state index contributed by atoms with van der Waals surface area (Å²) in [5.41, 5.74) is 3.39. The average molecular weight is 206 g/mol. The molecular weight excluding hydrogens is 196 g/mol. The first-order valence-electron chi connectivity index (χ1n) is 4.41. The fourth-order valence-electron chi connectivity index (χ4n) is 1.17. The van der Waals surface area contributed by atoms with Gasteiger partial charge in [-0.15, -0.1) is 11.3 Å². The molecule has 0 spiro atoms. The smallest absolute Gasteiger partial charge is 0.240 e. The Bertz CT molecular complexity index is 379. The summed E-state index contributed by atoms with van der Waals surface area (Å²) in [5.74, 6) is -0.00160. The van der Waals surface area contributed by atoms with E-state index in [-0.39, 0.29) is 5.91 Å². The van der Waals surface area contributed by atoms with Gasteiger partial charge in [0.2, 0.25) is 5.91 Å². The minimum absolute atomic E-state index is 0.00160. The molecule has 0 aromatic carbocycles. The monoisotopic (exact) mass is 206 g/mol. The number of hydrogen-bond acceptors (Lipinski definition) is 3. The van der Waals surface area contributed by atoms with E-state index in [0.29, 0.717) is 6.42 Å². The molecule has 0 radical (unpaired) electrons. The molecule has 1 aliphatic rings. The number of carbonyl (C=O) groups excluding carboxylic acids is 1. The molecule has 0 bridgehead atoms. The van der Waals surface area contributed by atoms with Crippen LogP contribution in [0, 0.1) is 0 Å². The van der Waals surface area contributed by atoms with Gasteiger partial charge in [-0.3, -0.25) is 4.79 Å². The van der Waals surface area contributed by atoms with Gasteiger partial charge in [0.25, 0.3) is 0 Å². The maximum Gasteiger partial charge on any atom is 0.240 e. The van der Waals surface area contributed by atoms with Crippen molar-refractivity contribution in [3.63, 3.8) is 0 Å². The van der Waals surface area contributed by atoms with Crippen LogP contribution in [0.4, 0.5) is 0 Å². The molecular formula is C10H10N2OS. The summed E-state index contributed by atoms with van der Waals surface area (Å²) in [6, 6.07) is 4.05.